The Morgan fingerprint density at radius 2 is 1.93 bits per heavy atom. The lowest BCUT2D eigenvalue weighted by atomic mass is 9.90. The number of carbonyl (C=O) groups excluding carboxylic acids is 1. The highest BCUT2D eigenvalue weighted by Gasteiger charge is 2.30. The highest BCUT2D eigenvalue weighted by Crippen LogP contribution is 2.29. The van der Waals surface area contributed by atoms with Gasteiger partial charge in [-0.05, 0) is 70.3 Å². The minimum atomic E-state index is -0.579. The van der Waals surface area contributed by atoms with Gasteiger partial charge in [-0.2, -0.15) is 0 Å². The van der Waals surface area contributed by atoms with E-state index >= 15 is 0 Å². The Labute approximate surface area is 177 Å². The normalized spacial score (nSPS) is 17.7. The van der Waals surface area contributed by atoms with Crippen molar-refractivity contribution in [1.82, 2.24) is 20.6 Å². The van der Waals surface area contributed by atoms with Gasteiger partial charge in [0, 0.05) is 6.54 Å². The Morgan fingerprint density at radius 3 is 2.57 bits per heavy atom. The SMILES string of the molecule is COc1ccc(Oc2cncc(C(NC(=O)OC(C)(C)C)C3CCCNC3)n2)cc1. The van der Waals surface area contributed by atoms with E-state index in [2.05, 4.69) is 20.6 Å². The number of alkyl carbamates (subject to hydrolysis) is 1. The van der Waals surface area contributed by atoms with Crippen LogP contribution in [0.3, 0.4) is 0 Å². The third-order valence-electron chi connectivity index (χ3n) is 4.71. The van der Waals surface area contributed by atoms with Crippen molar-refractivity contribution in [1.29, 1.82) is 0 Å². The molecule has 0 spiro atoms. The molecule has 30 heavy (non-hydrogen) atoms. The summed E-state index contributed by atoms with van der Waals surface area (Å²) in [7, 11) is 1.61. The second-order valence-electron chi connectivity index (χ2n) is 8.29. The Bertz CT molecular complexity index is 830. The van der Waals surface area contributed by atoms with Crippen LogP contribution >= 0.6 is 0 Å². The number of amides is 1. The summed E-state index contributed by atoms with van der Waals surface area (Å²) in [6.07, 6.45) is 4.75. The first kappa shape index (κ1) is 21.8. The van der Waals surface area contributed by atoms with Gasteiger partial charge in [0.25, 0.3) is 0 Å². The van der Waals surface area contributed by atoms with Gasteiger partial charge in [0.15, 0.2) is 0 Å². The number of piperidine rings is 1. The largest absolute Gasteiger partial charge is 0.497 e. The van der Waals surface area contributed by atoms with Crippen LogP contribution in [0.25, 0.3) is 0 Å². The monoisotopic (exact) mass is 414 g/mol. The molecule has 162 valence electrons. The lowest BCUT2D eigenvalue weighted by Gasteiger charge is -2.31. The molecule has 2 N–H and O–H groups in total. The molecule has 2 heterocycles. The predicted molar refractivity (Wildman–Crippen MR) is 113 cm³/mol. The van der Waals surface area contributed by atoms with E-state index in [9.17, 15) is 4.79 Å². The Balaban J connectivity index is 1.79. The average Bonchev–Trinajstić information content (AvgIpc) is 2.72. The number of benzene rings is 1. The third kappa shape index (κ3) is 6.32. The van der Waals surface area contributed by atoms with Crippen molar-refractivity contribution in [3.63, 3.8) is 0 Å². The number of hydrogen-bond donors (Lipinski definition) is 2. The molecule has 1 aliphatic heterocycles. The van der Waals surface area contributed by atoms with E-state index in [1.54, 1.807) is 31.6 Å². The molecule has 2 unspecified atom stereocenters. The highest BCUT2D eigenvalue weighted by molar-refractivity contribution is 5.68. The number of nitrogens with zero attached hydrogens (tertiary/aromatic N) is 2. The first-order chi connectivity index (χ1) is 14.3. The summed E-state index contributed by atoms with van der Waals surface area (Å²) in [6.45, 7) is 7.28. The molecule has 0 aliphatic carbocycles. The van der Waals surface area contributed by atoms with Crippen LogP contribution in [-0.2, 0) is 4.74 Å². The molecule has 8 heteroatoms. The second kappa shape index (κ2) is 9.75. The quantitative estimate of drug-likeness (QED) is 0.741. The summed E-state index contributed by atoms with van der Waals surface area (Å²) in [5, 5.41) is 6.38. The molecule has 1 amide bonds. The zero-order valence-corrected chi connectivity index (χ0v) is 18.0. The minimum Gasteiger partial charge on any atom is -0.497 e. The third-order valence-corrected chi connectivity index (χ3v) is 4.71. The van der Waals surface area contributed by atoms with Crippen LogP contribution in [-0.4, -0.2) is 41.9 Å². The number of rotatable bonds is 6. The summed E-state index contributed by atoms with van der Waals surface area (Å²) in [5.74, 6) is 1.90. The molecule has 2 aromatic rings. The number of aromatic nitrogens is 2. The molecule has 0 bridgehead atoms. The van der Waals surface area contributed by atoms with Crippen LogP contribution in [0.5, 0.6) is 17.4 Å². The first-order valence-electron chi connectivity index (χ1n) is 10.2. The molecule has 8 nitrogen and oxygen atoms in total. The summed E-state index contributed by atoms with van der Waals surface area (Å²) in [4.78, 5) is 21.4. The van der Waals surface area contributed by atoms with Crippen LogP contribution in [0.1, 0.15) is 45.3 Å². The number of nitrogens with one attached hydrogen (secondary N) is 2. The van der Waals surface area contributed by atoms with Gasteiger partial charge in [0.1, 0.15) is 17.1 Å². The maximum absolute atomic E-state index is 12.5. The summed E-state index contributed by atoms with van der Waals surface area (Å²) in [6, 6.07) is 6.89. The first-order valence-corrected chi connectivity index (χ1v) is 10.2. The maximum atomic E-state index is 12.5. The highest BCUT2D eigenvalue weighted by atomic mass is 16.6. The van der Waals surface area contributed by atoms with E-state index in [-0.39, 0.29) is 12.0 Å². The molecular weight excluding hydrogens is 384 g/mol. The van der Waals surface area contributed by atoms with E-state index in [0.29, 0.717) is 17.3 Å². The molecule has 3 rings (SSSR count). The van der Waals surface area contributed by atoms with E-state index in [1.165, 1.54) is 0 Å². The van der Waals surface area contributed by atoms with Crippen molar-refractivity contribution in [2.24, 2.45) is 5.92 Å². The molecule has 1 aromatic carbocycles. The van der Waals surface area contributed by atoms with Gasteiger partial charge in [-0.3, -0.25) is 4.98 Å². The fourth-order valence-corrected chi connectivity index (χ4v) is 3.36. The van der Waals surface area contributed by atoms with Gasteiger partial charge in [-0.1, -0.05) is 0 Å². The fourth-order valence-electron chi connectivity index (χ4n) is 3.36. The van der Waals surface area contributed by atoms with Crippen LogP contribution in [0, 0.1) is 5.92 Å². The smallest absolute Gasteiger partial charge is 0.408 e. The van der Waals surface area contributed by atoms with Gasteiger partial charge in [0.2, 0.25) is 5.88 Å². The molecule has 1 aromatic heterocycles. The number of carbonyl (C=O) groups is 1. The topological polar surface area (TPSA) is 94.6 Å². The zero-order chi connectivity index (χ0) is 21.6. The van der Waals surface area contributed by atoms with Gasteiger partial charge >= 0.3 is 6.09 Å². The molecule has 1 saturated heterocycles. The second-order valence-corrected chi connectivity index (χ2v) is 8.29. The summed E-state index contributed by atoms with van der Waals surface area (Å²) < 4.78 is 16.5. The fraction of sp³-hybridized carbons (Fsp3) is 0.500. The van der Waals surface area contributed by atoms with E-state index in [4.69, 9.17) is 14.2 Å². The van der Waals surface area contributed by atoms with Crippen molar-refractivity contribution in [2.75, 3.05) is 20.2 Å². The van der Waals surface area contributed by atoms with Gasteiger partial charge < -0.3 is 24.8 Å². The van der Waals surface area contributed by atoms with Crippen molar-refractivity contribution >= 4 is 6.09 Å². The Hall–Kier alpha value is -2.87. The van der Waals surface area contributed by atoms with E-state index in [0.717, 1.165) is 31.7 Å². The number of ether oxygens (including phenoxy) is 3. The molecule has 2 atom stereocenters. The van der Waals surface area contributed by atoms with Crippen molar-refractivity contribution in [3.05, 3.63) is 42.4 Å². The lowest BCUT2D eigenvalue weighted by molar-refractivity contribution is 0.0477. The molecule has 1 aliphatic rings. The van der Waals surface area contributed by atoms with Gasteiger partial charge in [-0.25, -0.2) is 9.78 Å². The molecule has 0 saturated carbocycles. The molecular formula is C22H30N4O4. The molecule has 0 radical (unpaired) electrons. The van der Waals surface area contributed by atoms with E-state index in [1.807, 2.05) is 32.9 Å². The van der Waals surface area contributed by atoms with Crippen molar-refractivity contribution in [2.45, 2.75) is 45.3 Å². The zero-order valence-electron chi connectivity index (χ0n) is 18.0. The van der Waals surface area contributed by atoms with Crippen LogP contribution in [0.4, 0.5) is 4.79 Å². The van der Waals surface area contributed by atoms with Crippen molar-refractivity contribution < 1.29 is 19.0 Å². The predicted octanol–water partition coefficient (Wildman–Crippen LogP) is 3.84. The Kier molecular flexibility index (Phi) is 7.10. The Morgan fingerprint density at radius 1 is 1.20 bits per heavy atom. The number of methoxy groups -OCH3 is 1. The van der Waals surface area contributed by atoms with Crippen molar-refractivity contribution in [3.8, 4) is 17.4 Å². The van der Waals surface area contributed by atoms with Crippen LogP contribution in [0.2, 0.25) is 0 Å². The molecule has 1 fully saturated rings. The standard InChI is InChI=1S/C22H30N4O4/c1-22(2,3)30-21(27)26-20(15-6-5-11-23-12-15)18-13-24-14-19(25-18)29-17-9-7-16(28-4)8-10-17/h7-10,13-15,20,23H,5-6,11-12H2,1-4H3,(H,26,27). The van der Waals surface area contributed by atoms with Crippen LogP contribution < -0.4 is 20.1 Å². The van der Waals surface area contributed by atoms with E-state index < -0.39 is 11.7 Å². The average molecular weight is 415 g/mol. The van der Waals surface area contributed by atoms with Gasteiger partial charge in [-0.15, -0.1) is 0 Å². The van der Waals surface area contributed by atoms with Crippen LogP contribution in [0.15, 0.2) is 36.7 Å². The minimum absolute atomic E-state index is 0.178. The number of hydrogen-bond acceptors (Lipinski definition) is 7. The summed E-state index contributed by atoms with van der Waals surface area (Å²) in [5.41, 5.74) is 0.0605. The summed E-state index contributed by atoms with van der Waals surface area (Å²) >= 11 is 0. The maximum Gasteiger partial charge on any atom is 0.408 e. The van der Waals surface area contributed by atoms with Gasteiger partial charge in [0.05, 0.1) is 31.2 Å². The lowest BCUT2D eigenvalue weighted by Crippen LogP contribution is -2.43.